The molecule has 1 aromatic carbocycles. The molecule has 0 fully saturated rings. The first-order chi connectivity index (χ1) is 7.66. The molecule has 0 aliphatic rings. The first kappa shape index (κ1) is 11.6. The van der Waals surface area contributed by atoms with Crippen molar-refractivity contribution in [3.8, 4) is 0 Å². The molecule has 1 unspecified atom stereocenters. The molecule has 84 valence electrons. The molecule has 2 nitrogen and oxygen atoms in total. The summed E-state index contributed by atoms with van der Waals surface area (Å²) in [5, 5.41) is 3.82. The lowest BCUT2D eigenvalue weighted by Crippen LogP contribution is -2.05. The first-order valence-electron chi connectivity index (χ1n) is 5.09. The number of rotatable bonds is 3. The van der Waals surface area contributed by atoms with Crippen molar-refractivity contribution in [2.24, 2.45) is 5.73 Å². The van der Waals surface area contributed by atoms with Crippen LogP contribution in [0.25, 0.3) is 0 Å². The van der Waals surface area contributed by atoms with Gasteiger partial charge in [-0.1, -0.05) is 23.7 Å². The maximum atomic E-state index is 6.17. The summed E-state index contributed by atoms with van der Waals surface area (Å²) in [5.41, 5.74) is 7.97. The van der Waals surface area contributed by atoms with Crippen LogP contribution in [-0.4, -0.2) is 4.98 Å². The summed E-state index contributed by atoms with van der Waals surface area (Å²) < 4.78 is 0. The van der Waals surface area contributed by atoms with E-state index >= 15 is 0 Å². The molecule has 1 heterocycles. The van der Waals surface area contributed by atoms with Gasteiger partial charge in [0, 0.05) is 29.1 Å². The Bertz CT molecular complexity index is 466. The number of benzene rings is 1. The van der Waals surface area contributed by atoms with E-state index in [2.05, 4.69) is 11.1 Å². The Morgan fingerprint density at radius 2 is 2.31 bits per heavy atom. The molecule has 16 heavy (non-hydrogen) atoms. The maximum absolute atomic E-state index is 6.17. The molecule has 2 aromatic rings. The van der Waals surface area contributed by atoms with Crippen LogP contribution >= 0.6 is 22.9 Å². The van der Waals surface area contributed by atoms with Gasteiger partial charge in [-0.05, 0) is 24.1 Å². The Morgan fingerprint density at radius 3 is 2.88 bits per heavy atom. The summed E-state index contributed by atoms with van der Waals surface area (Å²) in [5.74, 6) is 0. The first-order valence-corrected chi connectivity index (χ1v) is 6.35. The molecule has 1 atom stereocenters. The Balaban J connectivity index is 2.21. The molecule has 0 aliphatic carbocycles. The molecule has 1 aromatic heterocycles. The van der Waals surface area contributed by atoms with Crippen molar-refractivity contribution in [3.05, 3.63) is 50.9 Å². The molecule has 0 bridgehead atoms. The fraction of sp³-hybridized carbons (Fsp3) is 0.250. The van der Waals surface area contributed by atoms with Crippen LogP contribution in [0, 0.1) is 0 Å². The number of aromatic nitrogens is 1. The number of hydrogen-bond acceptors (Lipinski definition) is 3. The van der Waals surface area contributed by atoms with Gasteiger partial charge >= 0.3 is 0 Å². The third-order valence-electron chi connectivity index (χ3n) is 2.39. The molecular weight excluding hydrogens is 240 g/mol. The monoisotopic (exact) mass is 252 g/mol. The number of hydrogen-bond donors (Lipinski definition) is 1. The van der Waals surface area contributed by atoms with Crippen LogP contribution in [-0.2, 0) is 6.42 Å². The van der Waals surface area contributed by atoms with Crippen molar-refractivity contribution >= 4 is 22.9 Å². The van der Waals surface area contributed by atoms with Crippen molar-refractivity contribution in [3.63, 3.8) is 0 Å². The van der Waals surface area contributed by atoms with Crippen molar-refractivity contribution in [2.75, 3.05) is 0 Å². The molecule has 0 aliphatic heterocycles. The zero-order valence-electron chi connectivity index (χ0n) is 8.98. The van der Waals surface area contributed by atoms with Crippen LogP contribution in [0.3, 0.4) is 0 Å². The van der Waals surface area contributed by atoms with E-state index in [0.29, 0.717) is 0 Å². The van der Waals surface area contributed by atoms with E-state index in [4.69, 9.17) is 17.3 Å². The topological polar surface area (TPSA) is 38.9 Å². The average molecular weight is 253 g/mol. The van der Waals surface area contributed by atoms with Gasteiger partial charge in [-0.3, -0.25) is 0 Å². The molecule has 0 spiro atoms. The zero-order chi connectivity index (χ0) is 11.5. The molecule has 2 N–H and O–H groups in total. The molecule has 0 amide bonds. The van der Waals surface area contributed by atoms with E-state index in [9.17, 15) is 0 Å². The van der Waals surface area contributed by atoms with Gasteiger partial charge in [0.15, 0.2) is 0 Å². The highest BCUT2D eigenvalue weighted by atomic mass is 35.5. The smallest absolute Gasteiger partial charge is 0.0968 e. The second-order valence-electron chi connectivity index (χ2n) is 3.75. The normalized spacial score (nSPS) is 12.7. The van der Waals surface area contributed by atoms with E-state index in [0.717, 1.165) is 22.0 Å². The Morgan fingerprint density at radius 1 is 1.50 bits per heavy atom. The van der Waals surface area contributed by atoms with E-state index in [1.165, 1.54) is 5.56 Å². The molecule has 0 saturated carbocycles. The molecule has 4 heteroatoms. The maximum Gasteiger partial charge on any atom is 0.0968 e. The second kappa shape index (κ2) is 4.95. The SMILES string of the molecule is CC(N)c1ccc(Cc2nccs2)cc1Cl. The zero-order valence-corrected chi connectivity index (χ0v) is 10.6. The fourth-order valence-corrected chi connectivity index (χ4v) is 2.59. The lowest BCUT2D eigenvalue weighted by molar-refractivity contribution is 0.817. The molecule has 0 radical (unpaired) electrons. The van der Waals surface area contributed by atoms with Gasteiger partial charge in [0.2, 0.25) is 0 Å². The van der Waals surface area contributed by atoms with E-state index in [-0.39, 0.29) is 6.04 Å². The fourth-order valence-electron chi connectivity index (χ4n) is 1.56. The van der Waals surface area contributed by atoms with E-state index in [1.54, 1.807) is 11.3 Å². The Hall–Kier alpha value is -0.900. The Labute approximate surface area is 104 Å². The lowest BCUT2D eigenvalue weighted by Gasteiger charge is -2.09. The predicted octanol–water partition coefficient (Wildman–Crippen LogP) is 3.41. The van der Waals surface area contributed by atoms with Crippen LogP contribution in [0.4, 0.5) is 0 Å². The summed E-state index contributed by atoms with van der Waals surface area (Å²) >= 11 is 7.82. The number of nitrogens with zero attached hydrogens (tertiary/aromatic N) is 1. The Kier molecular flexibility index (Phi) is 3.59. The third-order valence-corrected chi connectivity index (χ3v) is 3.50. The number of thiazole rings is 1. The van der Waals surface area contributed by atoms with Gasteiger partial charge in [0.25, 0.3) is 0 Å². The van der Waals surface area contributed by atoms with Crippen LogP contribution in [0.1, 0.15) is 29.1 Å². The van der Waals surface area contributed by atoms with Gasteiger partial charge in [0.1, 0.15) is 0 Å². The minimum Gasteiger partial charge on any atom is -0.324 e. The molecular formula is C12H13ClN2S. The van der Waals surface area contributed by atoms with Crippen LogP contribution in [0.15, 0.2) is 29.8 Å². The minimum absolute atomic E-state index is 0.0265. The summed E-state index contributed by atoms with van der Waals surface area (Å²) in [6.45, 7) is 1.93. The van der Waals surface area contributed by atoms with E-state index in [1.807, 2.05) is 30.6 Å². The van der Waals surface area contributed by atoms with Crippen molar-refractivity contribution < 1.29 is 0 Å². The highest BCUT2D eigenvalue weighted by Crippen LogP contribution is 2.24. The van der Waals surface area contributed by atoms with Gasteiger partial charge in [-0.2, -0.15) is 0 Å². The molecule has 0 saturated heterocycles. The number of halogens is 1. The summed E-state index contributed by atoms with van der Waals surface area (Å²) in [6.07, 6.45) is 2.65. The molecule has 2 rings (SSSR count). The largest absolute Gasteiger partial charge is 0.324 e. The third kappa shape index (κ3) is 2.61. The van der Waals surface area contributed by atoms with Gasteiger partial charge in [-0.15, -0.1) is 11.3 Å². The van der Waals surface area contributed by atoms with Crippen molar-refractivity contribution in [1.82, 2.24) is 4.98 Å². The predicted molar refractivity (Wildman–Crippen MR) is 69.0 cm³/mol. The quantitative estimate of drug-likeness (QED) is 0.909. The summed E-state index contributed by atoms with van der Waals surface area (Å²) in [6, 6.07) is 6.00. The summed E-state index contributed by atoms with van der Waals surface area (Å²) in [4.78, 5) is 4.25. The van der Waals surface area contributed by atoms with Crippen LogP contribution in [0.5, 0.6) is 0 Å². The number of nitrogens with two attached hydrogens (primary N) is 1. The van der Waals surface area contributed by atoms with Crippen molar-refractivity contribution in [2.45, 2.75) is 19.4 Å². The summed E-state index contributed by atoms with van der Waals surface area (Å²) in [7, 11) is 0. The van der Waals surface area contributed by atoms with Crippen molar-refractivity contribution in [1.29, 1.82) is 0 Å². The van der Waals surface area contributed by atoms with E-state index < -0.39 is 0 Å². The van der Waals surface area contributed by atoms with Crippen LogP contribution in [0.2, 0.25) is 5.02 Å². The van der Waals surface area contributed by atoms with Gasteiger partial charge < -0.3 is 5.73 Å². The second-order valence-corrected chi connectivity index (χ2v) is 5.13. The van der Waals surface area contributed by atoms with Gasteiger partial charge in [0.05, 0.1) is 5.01 Å². The highest BCUT2D eigenvalue weighted by Gasteiger charge is 2.07. The minimum atomic E-state index is -0.0265. The highest BCUT2D eigenvalue weighted by molar-refractivity contribution is 7.09. The average Bonchev–Trinajstić information content (AvgIpc) is 2.70. The standard InChI is InChI=1S/C12H13ClN2S/c1-8(14)10-3-2-9(6-11(10)13)7-12-15-4-5-16-12/h2-6,8H,7,14H2,1H3. The van der Waals surface area contributed by atoms with Crippen LogP contribution < -0.4 is 5.73 Å². The van der Waals surface area contributed by atoms with Gasteiger partial charge in [-0.25, -0.2) is 4.98 Å². The lowest BCUT2D eigenvalue weighted by atomic mass is 10.1.